The number of rotatable bonds is 5. The molecule has 0 bridgehead atoms. The molecule has 2 rings (SSSR count). The minimum absolute atomic E-state index is 0.0637. The van der Waals surface area contributed by atoms with Crippen LogP contribution in [-0.2, 0) is 11.3 Å². The normalized spacial score (nSPS) is 12.2. The third kappa shape index (κ3) is 3.57. The number of thioether (sulfide) groups is 1. The summed E-state index contributed by atoms with van der Waals surface area (Å²) >= 11 is 1.35. The first-order valence-electron chi connectivity index (χ1n) is 6.40. The van der Waals surface area contributed by atoms with Crippen molar-refractivity contribution >= 4 is 23.4 Å². The van der Waals surface area contributed by atoms with Crippen LogP contribution in [0.4, 0.5) is 5.69 Å². The second-order valence-electron chi connectivity index (χ2n) is 4.40. The Morgan fingerprint density at radius 3 is 3.00 bits per heavy atom. The smallest absolute Gasteiger partial charge is 0.237 e. The number of aryl methyl sites for hydroxylation is 2. The SMILES string of the molecule is CCn1nnnc1S[C@H](C)C(=O)Nc1cccc(C)c1. The summed E-state index contributed by atoms with van der Waals surface area (Å²) in [5.74, 6) is -0.0637. The molecule has 0 aliphatic carbocycles. The predicted molar refractivity (Wildman–Crippen MR) is 78.6 cm³/mol. The molecule has 1 aromatic carbocycles. The highest BCUT2D eigenvalue weighted by molar-refractivity contribution is 8.00. The summed E-state index contributed by atoms with van der Waals surface area (Å²) in [6.07, 6.45) is 0. The molecule has 106 valence electrons. The van der Waals surface area contributed by atoms with Crippen molar-refractivity contribution in [3.8, 4) is 0 Å². The van der Waals surface area contributed by atoms with Crippen molar-refractivity contribution in [1.29, 1.82) is 0 Å². The first-order chi connectivity index (χ1) is 9.60. The van der Waals surface area contributed by atoms with Crippen LogP contribution in [0.5, 0.6) is 0 Å². The number of benzene rings is 1. The van der Waals surface area contributed by atoms with E-state index in [0.29, 0.717) is 11.7 Å². The number of amides is 1. The van der Waals surface area contributed by atoms with E-state index in [0.717, 1.165) is 11.3 Å². The molecular weight excluding hydrogens is 274 g/mol. The third-order valence-corrected chi connectivity index (χ3v) is 3.81. The van der Waals surface area contributed by atoms with Crippen LogP contribution in [0.15, 0.2) is 29.4 Å². The van der Waals surface area contributed by atoms with Crippen LogP contribution in [0.2, 0.25) is 0 Å². The lowest BCUT2D eigenvalue weighted by atomic mass is 10.2. The molecule has 6 nitrogen and oxygen atoms in total. The summed E-state index contributed by atoms with van der Waals surface area (Å²) in [4.78, 5) is 12.1. The van der Waals surface area contributed by atoms with Crippen LogP contribution in [0.1, 0.15) is 19.4 Å². The lowest BCUT2D eigenvalue weighted by Gasteiger charge is -2.11. The Kier molecular flexibility index (Phi) is 4.73. The number of carbonyl (C=O) groups excluding carboxylic acids is 1. The average molecular weight is 291 g/mol. The van der Waals surface area contributed by atoms with Gasteiger partial charge in [0.2, 0.25) is 11.1 Å². The summed E-state index contributed by atoms with van der Waals surface area (Å²) in [5, 5.41) is 14.6. The zero-order chi connectivity index (χ0) is 14.5. The van der Waals surface area contributed by atoms with Gasteiger partial charge in [-0.15, -0.1) is 5.10 Å². The molecule has 0 saturated carbocycles. The van der Waals surface area contributed by atoms with Gasteiger partial charge in [0.25, 0.3) is 0 Å². The van der Waals surface area contributed by atoms with Crippen molar-refractivity contribution in [2.75, 3.05) is 5.32 Å². The van der Waals surface area contributed by atoms with Crippen molar-refractivity contribution in [3.05, 3.63) is 29.8 Å². The average Bonchev–Trinajstić information content (AvgIpc) is 2.85. The number of hydrogen-bond acceptors (Lipinski definition) is 5. The summed E-state index contributed by atoms with van der Waals surface area (Å²) < 4.78 is 1.67. The molecule has 0 radical (unpaired) electrons. The molecule has 1 heterocycles. The van der Waals surface area contributed by atoms with Gasteiger partial charge < -0.3 is 5.32 Å². The Labute approximate surface area is 121 Å². The first-order valence-corrected chi connectivity index (χ1v) is 7.28. The van der Waals surface area contributed by atoms with Gasteiger partial charge in [-0.25, -0.2) is 4.68 Å². The lowest BCUT2D eigenvalue weighted by Crippen LogP contribution is -2.23. The van der Waals surface area contributed by atoms with E-state index in [2.05, 4.69) is 20.8 Å². The highest BCUT2D eigenvalue weighted by Gasteiger charge is 2.18. The Morgan fingerprint density at radius 2 is 2.30 bits per heavy atom. The molecule has 1 aromatic heterocycles. The fraction of sp³-hybridized carbons (Fsp3) is 0.385. The molecule has 0 aliphatic heterocycles. The second-order valence-corrected chi connectivity index (χ2v) is 5.70. The van der Waals surface area contributed by atoms with Crippen molar-refractivity contribution in [2.45, 2.75) is 37.7 Å². The van der Waals surface area contributed by atoms with Crippen LogP contribution in [-0.4, -0.2) is 31.4 Å². The Balaban J connectivity index is 1.99. The number of aromatic nitrogens is 4. The van der Waals surface area contributed by atoms with Gasteiger partial charge >= 0.3 is 0 Å². The van der Waals surface area contributed by atoms with Crippen LogP contribution >= 0.6 is 11.8 Å². The molecule has 1 amide bonds. The van der Waals surface area contributed by atoms with E-state index < -0.39 is 0 Å². The Morgan fingerprint density at radius 1 is 1.50 bits per heavy atom. The molecule has 0 spiro atoms. The number of tetrazole rings is 1. The number of hydrogen-bond donors (Lipinski definition) is 1. The minimum Gasteiger partial charge on any atom is -0.325 e. The number of anilines is 1. The molecule has 7 heteroatoms. The van der Waals surface area contributed by atoms with Crippen LogP contribution < -0.4 is 5.32 Å². The maximum Gasteiger partial charge on any atom is 0.237 e. The maximum absolute atomic E-state index is 12.1. The largest absolute Gasteiger partial charge is 0.325 e. The first kappa shape index (κ1) is 14.5. The number of carbonyl (C=O) groups is 1. The van der Waals surface area contributed by atoms with Gasteiger partial charge in [0.05, 0.1) is 5.25 Å². The summed E-state index contributed by atoms with van der Waals surface area (Å²) in [7, 11) is 0. The zero-order valence-electron chi connectivity index (χ0n) is 11.7. The van der Waals surface area contributed by atoms with E-state index in [1.54, 1.807) is 4.68 Å². The molecule has 0 fully saturated rings. The van der Waals surface area contributed by atoms with Crippen molar-refractivity contribution in [1.82, 2.24) is 20.2 Å². The zero-order valence-corrected chi connectivity index (χ0v) is 12.5. The minimum atomic E-state index is -0.271. The van der Waals surface area contributed by atoms with Crippen molar-refractivity contribution < 1.29 is 4.79 Å². The van der Waals surface area contributed by atoms with Crippen LogP contribution in [0.3, 0.4) is 0 Å². The molecule has 1 N–H and O–H groups in total. The Bertz CT molecular complexity index is 598. The van der Waals surface area contributed by atoms with Gasteiger partial charge in [-0.1, -0.05) is 23.9 Å². The number of nitrogens with one attached hydrogen (secondary N) is 1. The van der Waals surface area contributed by atoms with Crippen molar-refractivity contribution in [2.24, 2.45) is 0 Å². The fourth-order valence-corrected chi connectivity index (χ4v) is 2.51. The predicted octanol–water partition coefficient (Wildman–Crippen LogP) is 2.12. The second kappa shape index (κ2) is 6.51. The molecule has 0 saturated heterocycles. The standard InChI is InChI=1S/C13H17N5OS/c1-4-18-13(15-16-17-18)20-10(3)12(19)14-11-7-5-6-9(2)8-11/h5-8,10H,4H2,1-3H3,(H,14,19)/t10-/m1/s1. The van der Waals surface area contributed by atoms with Gasteiger partial charge in [0.1, 0.15) is 0 Å². The summed E-state index contributed by atoms with van der Waals surface area (Å²) in [6.45, 7) is 6.47. The van der Waals surface area contributed by atoms with Gasteiger partial charge in [-0.3, -0.25) is 4.79 Å². The third-order valence-electron chi connectivity index (χ3n) is 2.74. The quantitative estimate of drug-likeness (QED) is 0.854. The highest BCUT2D eigenvalue weighted by Crippen LogP contribution is 2.21. The molecular formula is C13H17N5OS. The van der Waals surface area contributed by atoms with E-state index in [4.69, 9.17) is 0 Å². The van der Waals surface area contributed by atoms with E-state index in [1.807, 2.05) is 45.0 Å². The molecule has 2 aromatic rings. The molecule has 20 heavy (non-hydrogen) atoms. The van der Waals surface area contributed by atoms with E-state index in [9.17, 15) is 4.79 Å². The van der Waals surface area contributed by atoms with Crippen LogP contribution in [0, 0.1) is 6.92 Å². The topological polar surface area (TPSA) is 72.7 Å². The maximum atomic E-state index is 12.1. The molecule has 1 atom stereocenters. The van der Waals surface area contributed by atoms with Gasteiger partial charge in [-0.05, 0) is 48.9 Å². The van der Waals surface area contributed by atoms with Crippen LogP contribution in [0.25, 0.3) is 0 Å². The van der Waals surface area contributed by atoms with Crippen molar-refractivity contribution in [3.63, 3.8) is 0 Å². The van der Waals surface area contributed by atoms with E-state index in [1.165, 1.54) is 11.8 Å². The fourth-order valence-electron chi connectivity index (χ4n) is 1.66. The van der Waals surface area contributed by atoms with Gasteiger partial charge in [0, 0.05) is 12.2 Å². The van der Waals surface area contributed by atoms with Gasteiger partial charge in [0.15, 0.2) is 0 Å². The Hall–Kier alpha value is -1.89. The molecule has 0 unspecified atom stereocenters. The highest BCUT2D eigenvalue weighted by atomic mass is 32.2. The van der Waals surface area contributed by atoms with E-state index >= 15 is 0 Å². The molecule has 0 aliphatic rings. The van der Waals surface area contributed by atoms with E-state index in [-0.39, 0.29) is 11.2 Å². The number of nitrogens with zero attached hydrogens (tertiary/aromatic N) is 4. The lowest BCUT2D eigenvalue weighted by molar-refractivity contribution is -0.115. The monoisotopic (exact) mass is 291 g/mol. The summed E-state index contributed by atoms with van der Waals surface area (Å²) in [6, 6.07) is 7.72. The van der Waals surface area contributed by atoms with Gasteiger partial charge in [-0.2, -0.15) is 0 Å². The summed E-state index contributed by atoms with van der Waals surface area (Å²) in [5.41, 5.74) is 1.91.